The summed E-state index contributed by atoms with van der Waals surface area (Å²) in [4.78, 5) is 68.9. The lowest BCUT2D eigenvalue weighted by molar-refractivity contribution is -0.203. The van der Waals surface area contributed by atoms with E-state index in [9.17, 15) is 19.2 Å². The number of fused-ring (bicyclic) bond motifs is 3. The summed E-state index contributed by atoms with van der Waals surface area (Å²) in [6, 6.07) is 15.7. The standard InChI is InChI=1S/C42H42N6O4/c1-7-39(3,4)33-25(23-13-9-11-15-29(23)43-33)21-31-35(49)47-19-17-27-28-18-20-48-36(50)32(46-38(52)42(28,48)41(27,47)37(51)45-31)22-26-24-14-10-12-16-30(24)44-34(26)40(5,6)8-2/h7-16,21-22,27-28,43-44H,1-2,17-20H2,3-6H3,(H,45,51)(H,46,52)/b31-21-,32-22+/t27-,28-,41+,42+/m1/s1. The first-order valence-electron chi connectivity index (χ1n) is 18.0. The van der Waals surface area contributed by atoms with Gasteiger partial charge in [0.25, 0.3) is 23.6 Å². The highest BCUT2D eigenvalue weighted by molar-refractivity contribution is 6.19. The van der Waals surface area contributed by atoms with Gasteiger partial charge in [0.1, 0.15) is 11.4 Å². The van der Waals surface area contributed by atoms with Crippen LogP contribution in [0.25, 0.3) is 34.0 Å². The van der Waals surface area contributed by atoms with Gasteiger partial charge in [0.15, 0.2) is 11.1 Å². The minimum absolute atomic E-state index is 0.145. The molecule has 0 unspecified atom stereocenters. The van der Waals surface area contributed by atoms with E-state index in [1.54, 1.807) is 22.0 Å². The van der Waals surface area contributed by atoms with Gasteiger partial charge in [-0.25, -0.2) is 0 Å². The number of benzene rings is 2. The van der Waals surface area contributed by atoms with Gasteiger partial charge in [0, 0.05) is 80.1 Å². The molecule has 5 aliphatic rings. The van der Waals surface area contributed by atoms with E-state index in [0.717, 1.165) is 44.3 Å². The molecule has 1 aliphatic carbocycles. The second kappa shape index (κ2) is 10.5. The number of para-hydroxylation sites is 2. The van der Waals surface area contributed by atoms with Gasteiger partial charge in [-0.15, -0.1) is 13.2 Å². The fourth-order valence-corrected chi connectivity index (χ4v) is 10.2. The molecular weight excluding hydrogens is 652 g/mol. The first-order chi connectivity index (χ1) is 24.8. The Morgan fingerprint density at radius 1 is 0.654 bits per heavy atom. The number of carbonyl (C=O) groups excluding carboxylic acids is 4. The summed E-state index contributed by atoms with van der Waals surface area (Å²) in [5.41, 5.74) is 1.49. The molecule has 4 saturated heterocycles. The van der Waals surface area contributed by atoms with Gasteiger partial charge in [-0.05, 0) is 37.1 Å². The molecule has 4 amide bonds. The third kappa shape index (κ3) is 3.74. The average Bonchev–Trinajstić information content (AvgIpc) is 3.88. The number of nitrogens with one attached hydrogen (secondary N) is 4. The number of allylic oxidation sites excluding steroid dienone is 2. The number of aromatic amines is 2. The molecule has 4 atom stereocenters. The quantitative estimate of drug-likeness (QED) is 0.159. The Bertz CT molecular complexity index is 2220. The normalized spacial score (nSPS) is 28.5. The largest absolute Gasteiger partial charge is 0.357 e. The van der Waals surface area contributed by atoms with Crippen LogP contribution in [-0.4, -0.2) is 67.6 Å². The van der Waals surface area contributed by atoms with E-state index in [4.69, 9.17) is 0 Å². The number of hydrogen-bond donors (Lipinski definition) is 4. The Labute approximate surface area is 301 Å². The zero-order valence-electron chi connectivity index (χ0n) is 29.9. The van der Waals surface area contributed by atoms with Gasteiger partial charge < -0.3 is 30.4 Å². The monoisotopic (exact) mass is 694 g/mol. The summed E-state index contributed by atoms with van der Waals surface area (Å²) < 4.78 is 0. The molecule has 0 bridgehead atoms. The molecule has 264 valence electrons. The Hall–Kier alpha value is -5.64. The van der Waals surface area contributed by atoms with Crippen molar-refractivity contribution >= 4 is 57.6 Å². The fraction of sp³-hybridized carbons (Fsp3) is 0.333. The van der Waals surface area contributed by atoms with Gasteiger partial charge in [-0.2, -0.15) is 0 Å². The number of amides is 4. The van der Waals surface area contributed by atoms with E-state index in [1.165, 1.54) is 0 Å². The lowest BCUT2D eigenvalue weighted by Gasteiger charge is -2.67. The molecule has 2 aromatic carbocycles. The van der Waals surface area contributed by atoms with Crippen molar-refractivity contribution in [1.29, 1.82) is 0 Å². The van der Waals surface area contributed by atoms with Crippen LogP contribution in [0.4, 0.5) is 0 Å². The van der Waals surface area contributed by atoms with Crippen LogP contribution in [0.5, 0.6) is 0 Å². The Morgan fingerprint density at radius 3 is 1.42 bits per heavy atom. The fourth-order valence-electron chi connectivity index (χ4n) is 10.2. The first-order valence-corrected chi connectivity index (χ1v) is 18.0. The molecule has 4 aliphatic heterocycles. The molecular formula is C42H42N6O4. The van der Waals surface area contributed by atoms with Crippen LogP contribution >= 0.6 is 0 Å². The second-order valence-corrected chi connectivity index (χ2v) is 16.0. The molecule has 2 spiro atoms. The summed E-state index contributed by atoms with van der Waals surface area (Å²) in [6.45, 7) is 16.9. The summed E-state index contributed by atoms with van der Waals surface area (Å²) >= 11 is 0. The highest BCUT2D eigenvalue weighted by Crippen LogP contribution is 2.68. The van der Waals surface area contributed by atoms with Crippen molar-refractivity contribution in [3.8, 4) is 0 Å². The number of aromatic nitrogens is 2. The molecule has 2 aromatic heterocycles. The number of carbonyl (C=O) groups is 4. The topological polar surface area (TPSA) is 130 Å². The predicted octanol–water partition coefficient (Wildman–Crippen LogP) is 5.41. The third-order valence-electron chi connectivity index (χ3n) is 12.8. The highest BCUT2D eigenvalue weighted by Gasteiger charge is 2.88. The Kier molecular flexibility index (Phi) is 6.50. The minimum Gasteiger partial charge on any atom is -0.357 e. The van der Waals surface area contributed by atoms with Gasteiger partial charge in [0.2, 0.25) is 0 Å². The average molecular weight is 695 g/mol. The maximum absolute atomic E-state index is 14.7. The van der Waals surface area contributed by atoms with E-state index in [-0.39, 0.29) is 35.0 Å². The van der Waals surface area contributed by atoms with E-state index in [2.05, 4.69) is 33.8 Å². The maximum atomic E-state index is 14.7. The van der Waals surface area contributed by atoms with E-state index in [0.29, 0.717) is 25.9 Å². The third-order valence-corrected chi connectivity index (χ3v) is 12.8. The van der Waals surface area contributed by atoms with E-state index in [1.807, 2.05) is 88.4 Å². The Morgan fingerprint density at radius 2 is 1.04 bits per heavy atom. The number of hydrogen-bond acceptors (Lipinski definition) is 4. The molecule has 0 radical (unpaired) electrons. The van der Waals surface area contributed by atoms with Crippen LogP contribution in [0, 0.1) is 11.8 Å². The molecule has 6 heterocycles. The highest BCUT2D eigenvalue weighted by atomic mass is 16.2. The zero-order valence-corrected chi connectivity index (χ0v) is 29.9. The number of H-pyrrole nitrogens is 2. The Balaban J connectivity index is 1.13. The molecule has 10 nitrogen and oxygen atoms in total. The summed E-state index contributed by atoms with van der Waals surface area (Å²) in [7, 11) is 0. The molecule has 4 aromatic rings. The lowest BCUT2D eigenvalue weighted by Crippen LogP contribution is -2.92. The number of piperazine rings is 2. The van der Waals surface area contributed by atoms with Crippen LogP contribution in [0.1, 0.15) is 63.1 Å². The molecule has 4 N–H and O–H groups in total. The smallest absolute Gasteiger partial charge is 0.271 e. The van der Waals surface area contributed by atoms with Crippen molar-refractivity contribution in [3.05, 3.63) is 108 Å². The second-order valence-electron chi connectivity index (χ2n) is 16.0. The van der Waals surface area contributed by atoms with Crippen molar-refractivity contribution in [2.75, 3.05) is 13.1 Å². The van der Waals surface area contributed by atoms with Gasteiger partial charge in [0.05, 0.1) is 0 Å². The van der Waals surface area contributed by atoms with Gasteiger partial charge in [-0.3, -0.25) is 19.2 Å². The van der Waals surface area contributed by atoms with E-state index >= 15 is 0 Å². The lowest BCUT2D eigenvalue weighted by atomic mass is 9.45. The van der Waals surface area contributed by atoms with E-state index < -0.39 is 33.7 Å². The van der Waals surface area contributed by atoms with Gasteiger partial charge in [-0.1, -0.05) is 76.2 Å². The van der Waals surface area contributed by atoms with Crippen LogP contribution in [0.15, 0.2) is 85.2 Å². The molecule has 9 rings (SSSR count). The maximum Gasteiger partial charge on any atom is 0.271 e. The van der Waals surface area contributed by atoms with Crippen LogP contribution < -0.4 is 10.6 Å². The molecule has 52 heavy (non-hydrogen) atoms. The van der Waals surface area contributed by atoms with Gasteiger partial charge >= 0.3 is 0 Å². The van der Waals surface area contributed by atoms with Crippen molar-refractivity contribution < 1.29 is 19.2 Å². The SMILES string of the molecule is C=CC(C)(C)c1[nH]c2ccccc2c1/C=C1\NC(=O)[C@]23[C@H](CCN2C1=O)[C@H]1CCN2C(=O)/C(=C\c4c(C(C)(C)C=C)[nH]c5ccccc45)NC(=O)[C@]123. The molecule has 1 saturated carbocycles. The summed E-state index contributed by atoms with van der Waals surface area (Å²) in [6.07, 6.45) is 8.35. The van der Waals surface area contributed by atoms with Crippen LogP contribution in [0.2, 0.25) is 0 Å². The van der Waals surface area contributed by atoms with Crippen molar-refractivity contribution in [3.63, 3.8) is 0 Å². The zero-order chi connectivity index (χ0) is 36.5. The van der Waals surface area contributed by atoms with Crippen molar-refractivity contribution in [2.24, 2.45) is 11.8 Å². The summed E-state index contributed by atoms with van der Waals surface area (Å²) in [5, 5.41) is 7.79. The number of rotatable bonds is 6. The number of nitrogens with zero attached hydrogens (tertiary/aromatic N) is 2. The molecule has 5 fully saturated rings. The predicted molar refractivity (Wildman–Crippen MR) is 200 cm³/mol. The minimum atomic E-state index is -1.51. The van der Waals surface area contributed by atoms with Crippen LogP contribution in [-0.2, 0) is 30.0 Å². The van der Waals surface area contributed by atoms with Crippen molar-refractivity contribution in [2.45, 2.75) is 62.4 Å². The van der Waals surface area contributed by atoms with Crippen molar-refractivity contribution in [1.82, 2.24) is 30.4 Å². The molecule has 10 heteroatoms. The summed E-state index contributed by atoms with van der Waals surface area (Å²) in [5.74, 6) is -2.05. The first kappa shape index (κ1) is 32.3. The van der Waals surface area contributed by atoms with Crippen LogP contribution in [0.3, 0.4) is 0 Å².